The normalized spacial score (nSPS) is 13.6. The third-order valence-corrected chi connectivity index (χ3v) is 4.96. The van der Waals surface area contributed by atoms with Crippen molar-refractivity contribution in [3.8, 4) is 5.75 Å². The quantitative estimate of drug-likeness (QED) is 0.479. The number of carboxylic acid groups (broad SMARTS) is 1. The molecule has 2 unspecified atom stereocenters. The molecule has 1 aromatic heterocycles. The van der Waals surface area contributed by atoms with Gasteiger partial charge in [-0.3, -0.25) is 4.84 Å². The lowest BCUT2D eigenvalue weighted by Gasteiger charge is -2.24. The second-order valence-corrected chi connectivity index (χ2v) is 6.89. The molecule has 3 aromatic rings. The van der Waals surface area contributed by atoms with Crippen LogP contribution < -0.4 is 10.6 Å². The van der Waals surface area contributed by atoms with Gasteiger partial charge in [-0.2, -0.15) is 0 Å². The Morgan fingerprint density at radius 1 is 1.23 bits per heavy atom. The predicted molar refractivity (Wildman–Crippen MR) is 114 cm³/mol. The molecule has 162 valence electrons. The van der Waals surface area contributed by atoms with Gasteiger partial charge in [0.25, 0.3) is 0 Å². The Morgan fingerprint density at radius 3 is 2.48 bits per heavy atom. The second-order valence-electron chi connectivity index (χ2n) is 6.89. The van der Waals surface area contributed by atoms with Crippen molar-refractivity contribution in [1.29, 1.82) is 0 Å². The first kappa shape index (κ1) is 22.2. The van der Waals surface area contributed by atoms with Gasteiger partial charge in [0, 0.05) is 12.4 Å². The maximum absolute atomic E-state index is 13.6. The maximum atomic E-state index is 13.6. The van der Waals surface area contributed by atoms with E-state index in [0.29, 0.717) is 12.2 Å². The van der Waals surface area contributed by atoms with Crippen LogP contribution in [0.4, 0.5) is 4.39 Å². The number of aromatic nitrogens is 2. The Labute approximate surface area is 179 Å². The second kappa shape index (κ2) is 10.5. The van der Waals surface area contributed by atoms with Crippen molar-refractivity contribution in [3.05, 3.63) is 90.3 Å². The minimum atomic E-state index is -1.12. The average Bonchev–Trinajstić information content (AvgIpc) is 3.31. The molecule has 0 radical (unpaired) electrons. The van der Waals surface area contributed by atoms with Crippen LogP contribution in [-0.2, 0) is 9.63 Å². The van der Waals surface area contributed by atoms with Crippen molar-refractivity contribution < 1.29 is 23.9 Å². The van der Waals surface area contributed by atoms with Gasteiger partial charge in [-0.05, 0) is 53.8 Å². The Kier molecular flexibility index (Phi) is 7.53. The van der Waals surface area contributed by atoms with Crippen LogP contribution in [0.1, 0.15) is 30.0 Å². The number of carboxylic acids is 1. The van der Waals surface area contributed by atoms with Crippen molar-refractivity contribution in [1.82, 2.24) is 9.55 Å². The van der Waals surface area contributed by atoms with Gasteiger partial charge in [-0.25, -0.2) is 20.1 Å². The van der Waals surface area contributed by atoms with Crippen molar-refractivity contribution in [2.24, 2.45) is 5.90 Å². The summed E-state index contributed by atoms with van der Waals surface area (Å²) in [6.07, 6.45) is 6.64. The van der Waals surface area contributed by atoms with Crippen LogP contribution in [0.25, 0.3) is 5.57 Å². The standard InChI is InChI=1S/C23H24FN3O4/c1-30-19-11-7-16(8-12-19)20(3-2-4-21(31-25)23(28)29)22(27-14-13-26-15-27)17-5-9-18(24)10-6-17/h3,5-15,21-22H,2,4,25H2,1H3,(H,28,29)/b20-3+. The number of rotatable bonds is 10. The van der Waals surface area contributed by atoms with Gasteiger partial charge in [0.05, 0.1) is 19.5 Å². The number of nitrogens with two attached hydrogens (primary N) is 1. The van der Waals surface area contributed by atoms with E-state index in [1.54, 1.807) is 31.8 Å². The smallest absolute Gasteiger partial charge is 0.334 e. The van der Waals surface area contributed by atoms with E-state index in [1.807, 2.05) is 41.1 Å². The first-order valence-electron chi connectivity index (χ1n) is 9.69. The molecule has 0 aliphatic rings. The van der Waals surface area contributed by atoms with Crippen LogP contribution in [0.2, 0.25) is 0 Å². The van der Waals surface area contributed by atoms with Crippen molar-refractivity contribution in [3.63, 3.8) is 0 Å². The number of aliphatic carboxylic acids is 1. The summed E-state index contributed by atoms with van der Waals surface area (Å²) < 4.78 is 20.8. The minimum absolute atomic E-state index is 0.200. The molecule has 0 aliphatic heterocycles. The van der Waals surface area contributed by atoms with E-state index in [-0.39, 0.29) is 18.3 Å². The Morgan fingerprint density at radius 2 is 1.94 bits per heavy atom. The third kappa shape index (κ3) is 5.56. The van der Waals surface area contributed by atoms with Crippen LogP contribution in [0.5, 0.6) is 5.75 Å². The predicted octanol–water partition coefficient (Wildman–Crippen LogP) is 3.83. The number of ether oxygens (including phenoxy) is 1. The van der Waals surface area contributed by atoms with Crippen LogP contribution >= 0.6 is 0 Å². The number of imidazole rings is 1. The number of halogens is 1. The van der Waals surface area contributed by atoms with E-state index < -0.39 is 12.1 Å². The minimum Gasteiger partial charge on any atom is -0.497 e. The molecule has 0 saturated carbocycles. The molecule has 3 N–H and O–H groups in total. The first-order valence-corrected chi connectivity index (χ1v) is 9.69. The zero-order valence-electron chi connectivity index (χ0n) is 17.0. The molecule has 2 aromatic carbocycles. The summed E-state index contributed by atoms with van der Waals surface area (Å²) in [4.78, 5) is 20.0. The van der Waals surface area contributed by atoms with Gasteiger partial charge >= 0.3 is 5.97 Å². The Bertz CT molecular complexity index is 1000. The van der Waals surface area contributed by atoms with Crippen molar-refractivity contribution in [2.75, 3.05) is 7.11 Å². The highest BCUT2D eigenvalue weighted by atomic mass is 19.1. The van der Waals surface area contributed by atoms with Gasteiger partial charge in [0.2, 0.25) is 0 Å². The maximum Gasteiger partial charge on any atom is 0.334 e. The summed E-state index contributed by atoms with van der Waals surface area (Å²) in [6.45, 7) is 0. The highest BCUT2D eigenvalue weighted by Crippen LogP contribution is 2.35. The summed E-state index contributed by atoms with van der Waals surface area (Å²) in [7, 11) is 1.59. The molecule has 0 fully saturated rings. The molecule has 2 atom stereocenters. The molecule has 8 heteroatoms. The molecule has 7 nitrogen and oxygen atoms in total. The van der Waals surface area contributed by atoms with E-state index in [9.17, 15) is 14.3 Å². The molecule has 0 spiro atoms. The number of hydrogen-bond acceptors (Lipinski definition) is 5. The monoisotopic (exact) mass is 425 g/mol. The number of benzene rings is 2. The number of methoxy groups -OCH3 is 1. The van der Waals surface area contributed by atoms with Crippen LogP contribution in [-0.4, -0.2) is 33.8 Å². The fourth-order valence-electron chi connectivity index (χ4n) is 3.39. The summed E-state index contributed by atoms with van der Waals surface area (Å²) in [6, 6.07) is 13.5. The highest BCUT2D eigenvalue weighted by Gasteiger charge is 2.22. The zero-order valence-corrected chi connectivity index (χ0v) is 17.0. The summed E-state index contributed by atoms with van der Waals surface area (Å²) >= 11 is 0. The fourth-order valence-corrected chi connectivity index (χ4v) is 3.39. The molecule has 3 rings (SSSR count). The molecule has 31 heavy (non-hydrogen) atoms. The van der Waals surface area contributed by atoms with E-state index in [2.05, 4.69) is 9.82 Å². The highest BCUT2D eigenvalue weighted by molar-refractivity contribution is 5.73. The van der Waals surface area contributed by atoms with Gasteiger partial charge in [-0.15, -0.1) is 0 Å². The molecule has 0 saturated heterocycles. The zero-order chi connectivity index (χ0) is 22.2. The number of allylic oxidation sites excluding steroid dienone is 2. The summed E-state index contributed by atoms with van der Waals surface area (Å²) in [5, 5.41) is 9.19. The molecule has 0 aliphatic carbocycles. The van der Waals surface area contributed by atoms with Gasteiger partial charge < -0.3 is 14.4 Å². The van der Waals surface area contributed by atoms with E-state index in [4.69, 9.17) is 10.6 Å². The van der Waals surface area contributed by atoms with Crippen molar-refractivity contribution >= 4 is 11.5 Å². The van der Waals surface area contributed by atoms with Gasteiger partial charge in [-0.1, -0.05) is 30.3 Å². The van der Waals surface area contributed by atoms with E-state index in [0.717, 1.165) is 16.7 Å². The van der Waals surface area contributed by atoms with Crippen molar-refractivity contribution in [2.45, 2.75) is 25.0 Å². The number of hydrogen-bond donors (Lipinski definition) is 2. The molecule has 1 heterocycles. The van der Waals surface area contributed by atoms with E-state index >= 15 is 0 Å². The molecule has 0 bridgehead atoms. The van der Waals surface area contributed by atoms with Gasteiger partial charge in [0.15, 0.2) is 6.10 Å². The lowest BCUT2D eigenvalue weighted by Crippen LogP contribution is -2.26. The number of nitrogens with zero attached hydrogens (tertiary/aromatic N) is 2. The first-order chi connectivity index (χ1) is 15.0. The van der Waals surface area contributed by atoms with Crippen LogP contribution in [0, 0.1) is 5.82 Å². The largest absolute Gasteiger partial charge is 0.497 e. The van der Waals surface area contributed by atoms with Gasteiger partial charge in [0.1, 0.15) is 11.6 Å². The SMILES string of the molecule is COc1ccc(/C(=C\CCC(ON)C(=O)O)C(c2ccc(F)cc2)n2ccnc2)cc1. The lowest BCUT2D eigenvalue weighted by molar-refractivity contribution is -0.151. The number of carbonyl (C=O) groups is 1. The Balaban J connectivity index is 2.05. The van der Waals surface area contributed by atoms with E-state index in [1.165, 1.54) is 12.1 Å². The summed E-state index contributed by atoms with van der Waals surface area (Å²) in [5.74, 6) is 4.38. The molecule has 0 amide bonds. The van der Waals surface area contributed by atoms with Crippen LogP contribution in [0.3, 0.4) is 0 Å². The van der Waals surface area contributed by atoms with Crippen LogP contribution in [0.15, 0.2) is 73.3 Å². The Hall–Kier alpha value is -3.49. The topological polar surface area (TPSA) is 99.6 Å². The average molecular weight is 425 g/mol. The fraction of sp³-hybridized carbons (Fsp3) is 0.217. The molecular weight excluding hydrogens is 401 g/mol. The lowest BCUT2D eigenvalue weighted by atomic mass is 9.91. The third-order valence-electron chi connectivity index (χ3n) is 4.96. The summed E-state index contributed by atoms with van der Waals surface area (Å²) in [5.41, 5.74) is 2.66. The molecular formula is C23H24FN3O4.